The number of rotatable bonds is 5. The fourth-order valence-corrected chi connectivity index (χ4v) is 4.11. The molecular weight excluding hydrogens is 295 g/mol. The van der Waals surface area contributed by atoms with Crippen molar-refractivity contribution in [3.8, 4) is 0 Å². The van der Waals surface area contributed by atoms with Gasteiger partial charge in [0.05, 0.1) is 18.4 Å². The zero-order chi connectivity index (χ0) is 16.2. The lowest BCUT2D eigenvalue weighted by molar-refractivity contribution is 0.0538. The first-order valence-corrected chi connectivity index (χ1v) is 8.73. The van der Waals surface area contributed by atoms with Crippen molar-refractivity contribution in [1.29, 1.82) is 0 Å². The molecule has 4 nitrogen and oxygen atoms in total. The molecule has 23 heavy (non-hydrogen) atoms. The summed E-state index contributed by atoms with van der Waals surface area (Å²) in [6, 6.07) is 1.83. The molecule has 1 aromatic rings. The highest BCUT2D eigenvalue weighted by molar-refractivity contribution is 5.16. The van der Waals surface area contributed by atoms with Crippen molar-refractivity contribution in [2.24, 2.45) is 5.92 Å². The number of pyridine rings is 1. The average molecular weight is 322 g/mol. The third-order valence-corrected chi connectivity index (χ3v) is 5.47. The molecule has 2 heterocycles. The van der Waals surface area contributed by atoms with Crippen molar-refractivity contribution in [2.45, 2.75) is 69.2 Å². The first-order valence-electron chi connectivity index (χ1n) is 8.73. The Balaban J connectivity index is 1.49. The summed E-state index contributed by atoms with van der Waals surface area (Å²) in [5, 5.41) is 14.0. The number of hydrogen-bond acceptors (Lipinski definition) is 4. The lowest BCUT2D eigenvalue weighted by Crippen LogP contribution is -2.35. The van der Waals surface area contributed by atoms with E-state index in [0.717, 1.165) is 37.8 Å². The maximum Gasteiger partial charge on any atom is 0.141 e. The normalized spacial score (nSPS) is 32.8. The van der Waals surface area contributed by atoms with Crippen LogP contribution in [0.4, 0.5) is 4.39 Å². The smallest absolute Gasteiger partial charge is 0.141 e. The molecule has 2 N–H and O–H groups in total. The van der Waals surface area contributed by atoms with E-state index in [2.05, 4.69) is 10.3 Å². The van der Waals surface area contributed by atoms with Gasteiger partial charge in [-0.1, -0.05) is 0 Å². The van der Waals surface area contributed by atoms with Gasteiger partial charge in [0.2, 0.25) is 0 Å². The fourth-order valence-electron chi connectivity index (χ4n) is 4.11. The predicted octanol–water partition coefficient (Wildman–Crippen LogP) is 2.97. The van der Waals surface area contributed by atoms with Crippen LogP contribution < -0.4 is 5.32 Å². The Labute approximate surface area is 137 Å². The fraction of sp³-hybridized carbons (Fsp3) is 0.722. The maximum atomic E-state index is 13.3. The van der Waals surface area contributed by atoms with Crippen LogP contribution in [-0.2, 0) is 4.74 Å². The van der Waals surface area contributed by atoms with Crippen LogP contribution in [0.5, 0.6) is 0 Å². The Morgan fingerprint density at radius 3 is 2.74 bits per heavy atom. The monoisotopic (exact) mass is 322 g/mol. The Kier molecular flexibility index (Phi) is 5.62. The standard InChI is InChI=1S/C18H27FN2O2/c1-23-16-5-2-12(3-6-16)8-15-4-7-17(21-15)18(22)13-9-14(19)11-20-10-13/h9-12,15-18,21-22H,2-8H2,1H3/t12?,15-,16?,17+,18+/m0/s1. The van der Waals surface area contributed by atoms with Crippen LogP contribution in [0.25, 0.3) is 0 Å². The van der Waals surface area contributed by atoms with E-state index in [1.54, 1.807) is 13.3 Å². The minimum absolute atomic E-state index is 0.00101. The number of methoxy groups -OCH3 is 1. The molecule has 0 aromatic carbocycles. The number of halogens is 1. The van der Waals surface area contributed by atoms with Gasteiger partial charge in [0.15, 0.2) is 0 Å². The van der Waals surface area contributed by atoms with Crippen molar-refractivity contribution in [3.05, 3.63) is 29.8 Å². The van der Waals surface area contributed by atoms with Gasteiger partial charge in [0, 0.05) is 31.0 Å². The van der Waals surface area contributed by atoms with Gasteiger partial charge in [0.25, 0.3) is 0 Å². The molecule has 0 amide bonds. The molecule has 0 spiro atoms. The van der Waals surface area contributed by atoms with Gasteiger partial charge < -0.3 is 15.2 Å². The Morgan fingerprint density at radius 2 is 2.04 bits per heavy atom. The van der Waals surface area contributed by atoms with Crippen LogP contribution >= 0.6 is 0 Å². The first-order chi connectivity index (χ1) is 11.2. The van der Waals surface area contributed by atoms with Crippen LogP contribution in [0.3, 0.4) is 0 Å². The highest BCUT2D eigenvalue weighted by Crippen LogP contribution is 2.33. The van der Waals surface area contributed by atoms with Gasteiger partial charge in [-0.25, -0.2) is 4.39 Å². The van der Waals surface area contributed by atoms with Gasteiger partial charge in [0.1, 0.15) is 5.82 Å². The van der Waals surface area contributed by atoms with Gasteiger partial charge in [-0.3, -0.25) is 4.98 Å². The Morgan fingerprint density at radius 1 is 1.26 bits per heavy atom. The molecule has 1 aliphatic carbocycles. The summed E-state index contributed by atoms with van der Waals surface area (Å²) < 4.78 is 18.7. The van der Waals surface area contributed by atoms with Gasteiger partial charge in [-0.2, -0.15) is 0 Å². The number of aliphatic hydroxyl groups excluding tert-OH is 1. The van der Waals surface area contributed by atoms with Crippen molar-refractivity contribution in [2.75, 3.05) is 7.11 Å². The molecule has 1 aliphatic heterocycles. The molecule has 5 heteroatoms. The van der Waals surface area contributed by atoms with Gasteiger partial charge in [-0.15, -0.1) is 0 Å². The summed E-state index contributed by atoms with van der Waals surface area (Å²) in [6.45, 7) is 0. The summed E-state index contributed by atoms with van der Waals surface area (Å²) in [7, 11) is 1.80. The highest BCUT2D eigenvalue weighted by Gasteiger charge is 2.32. The van der Waals surface area contributed by atoms with E-state index < -0.39 is 11.9 Å². The van der Waals surface area contributed by atoms with Crippen molar-refractivity contribution in [3.63, 3.8) is 0 Å². The Hall–Kier alpha value is -1.04. The second-order valence-corrected chi connectivity index (χ2v) is 7.04. The van der Waals surface area contributed by atoms with E-state index >= 15 is 0 Å². The number of aliphatic hydroxyl groups is 1. The molecule has 1 saturated heterocycles. The summed E-state index contributed by atoms with van der Waals surface area (Å²) >= 11 is 0. The second-order valence-electron chi connectivity index (χ2n) is 7.04. The number of aromatic nitrogens is 1. The molecule has 2 aliphatic rings. The molecular formula is C18H27FN2O2. The van der Waals surface area contributed by atoms with E-state index in [1.165, 1.54) is 25.3 Å². The van der Waals surface area contributed by atoms with E-state index in [4.69, 9.17) is 4.74 Å². The van der Waals surface area contributed by atoms with Crippen molar-refractivity contribution < 1.29 is 14.2 Å². The highest BCUT2D eigenvalue weighted by atomic mass is 19.1. The molecule has 2 fully saturated rings. The maximum absolute atomic E-state index is 13.3. The molecule has 3 atom stereocenters. The van der Waals surface area contributed by atoms with Crippen molar-refractivity contribution >= 4 is 0 Å². The molecule has 3 rings (SSSR count). The van der Waals surface area contributed by atoms with Gasteiger partial charge in [-0.05, 0) is 56.9 Å². The zero-order valence-electron chi connectivity index (χ0n) is 13.7. The predicted molar refractivity (Wildman–Crippen MR) is 86.5 cm³/mol. The summed E-state index contributed by atoms with van der Waals surface area (Å²) in [5.41, 5.74) is 0.559. The third-order valence-electron chi connectivity index (χ3n) is 5.47. The molecule has 128 valence electrons. The minimum Gasteiger partial charge on any atom is -0.387 e. The van der Waals surface area contributed by atoms with E-state index in [-0.39, 0.29) is 6.04 Å². The van der Waals surface area contributed by atoms with Crippen molar-refractivity contribution in [1.82, 2.24) is 10.3 Å². The first kappa shape index (κ1) is 16.8. The van der Waals surface area contributed by atoms with Crippen LogP contribution in [-0.4, -0.2) is 35.4 Å². The second kappa shape index (κ2) is 7.69. The quantitative estimate of drug-likeness (QED) is 0.875. The molecule has 1 saturated carbocycles. The summed E-state index contributed by atoms with van der Waals surface area (Å²) in [4.78, 5) is 3.83. The zero-order valence-corrected chi connectivity index (χ0v) is 13.7. The average Bonchev–Trinajstić information content (AvgIpc) is 3.03. The summed E-state index contributed by atoms with van der Waals surface area (Å²) in [6.07, 6.45) is 10.4. The molecule has 1 aromatic heterocycles. The largest absolute Gasteiger partial charge is 0.387 e. The van der Waals surface area contributed by atoms with Crippen LogP contribution in [0.15, 0.2) is 18.5 Å². The summed E-state index contributed by atoms with van der Waals surface area (Å²) in [5.74, 6) is 0.358. The third kappa shape index (κ3) is 4.28. The molecule has 0 bridgehead atoms. The number of nitrogens with zero attached hydrogens (tertiary/aromatic N) is 1. The number of nitrogens with one attached hydrogen (secondary N) is 1. The van der Waals surface area contributed by atoms with Gasteiger partial charge >= 0.3 is 0 Å². The molecule has 0 radical (unpaired) electrons. The van der Waals surface area contributed by atoms with E-state index in [9.17, 15) is 9.50 Å². The van der Waals surface area contributed by atoms with Crippen LogP contribution in [0, 0.1) is 11.7 Å². The van der Waals surface area contributed by atoms with Crippen LogP contribution in [0.2, 0.25) is 0 Å². The van der Waals surface area contributed by atoms with E-state index in [1.807, 2.05) is 0 Å². The lowest BCUT2D eigenvalue weighted by Gasteiger charge is -2.29. The Bertz CT molecular complexity index is 506. The molecule has 0 unspecified atom stereocenters. The number of ether oxygens (including phenoxy) is 1. The number of hydrogen-bond donors (Lipinski definition) is 2. The van der Waals surface area contributed by atoms with E-state index in [0.29, 0.717) is 17.7 Å². The minimum atomic E-state index is -0.688. The topological polar surface area (TPSA) is 54.4 Å². The van der Waals surface area contributed by atoms with Crippen LogP contribution in [0.1, 0.15) is 56.6 Å². The lowest BCUT2D eigenvalue weighted by atomic mass is 9.83. The SMILES string of the molecule is COC1CCC(C[C@@H]2CC[C@H]([C@H](O)c3cncc(F)c3)N2)CC1.